The molecule has 2 heterocycles. The molecule has 0 aliphatic rings. The zero-order valence-corrected chi connectivity index (χ0v) is 16.9. The second-order valence-electron chi connectivity index (χ2n) is 6.23. The highest BCUT2D eigenvalue weighted by molar-refractivity contribution is 6.35. The van der Waals surface area contributed by atoms with E-state index in [4.69, 9.17) is 33.0 Å². The number of hydrogen-bond acceptors (Lipinski definition) is 7. The van der Waals surface area contributed by atoms with E-state index in [1.165, 1.54) is 22.2 Å². The number of nitrogens with zero attached hydrogens (tertiary/aromatic N) is 3. The van der Waals surface area contributed by atoms with Crippen LogP contribution in [0.15, 0.2) is 27.8 Å². The van der Waals surface area contributed by atoms with Crippen LogP contribution in [-0.2, 0) is 13.6 Å². The van der Waals surface area contributed by atoms with E-state index in [1.54, 1.807) is 12.1 Å². The van der Waals surface area contributed by atoms with Crippen LogP contribution < -0.4 is 21.3 Å². The number of fused-ring (bicyclic) bond motifs is 1. The lowest BCUT2D eigenvalue weighted by atomic mass is 10.3. The Kier molecular flexibility index (Phi) is 6.48. The highest BCUT2D eigenvalue weighted by Crippen LogP contribution is 2.27. The van der Waals surface area contributed by atoms with Crippen molar-refractivity contribution in [1.29, 1.82) is 0 Å². The molecule has 1 atom stereocenters. The van der Waals surface area contributed by atoms with Gasteiger partial charge in [0.25, 0.3) is 5.56 Å². The Morgan fingerprint density at radius 3 is 2.79 bits per heavy atom. The molecule has 29 heavy (non-hydrogen) atoms. The normalized spacial score (nSPS) is 12.3. The number of H-pyrrole nitrogens is 1. The van der Waals surface area contributed by atoms with Gasteiger partial charge >= 0.3 is 5.69 Å². The number of aliphatic hydroxyl groups is 2. The summed E-state index contributed by atoms with van der Waals surface area (Å²) < 4.78 is 8.15. The van der Waals surface area contributed by atoms with Crippen LogP contribution in [0, 0.1) is 0 Å². The van der Waals surface area contributed by atoms with Gasteiger partial charge in [-0.3, -0.25) is 14.3 Å². The third-order valence-corrected chi connectivity index (χ3v) is 4.65. The SMILES string of the molecule is Cn1c(=O)[nH]c(=O)c2c1nc(NCCO)n2C[C@H](O)COc1ccc(Cl)cc1Cl. The lowest BCUT2D eigenvalue weighted by Gasteiger charge is -2.16. The largest absolute Gasteiger partial charge is 0.489 e. The second kappa shape index (κ2) is 8.87. The number of nitrogens with one attached hydrogen (secondary N) is 2. The van der Waals surface area contributed by atoms with Crippen LogP contribution in [0.3, 0.4) is 0 Å². The summed E-state index contributed by atoms with van der Waals surface area (Å²) in [5.74, 6) is 0.578. The van der Waals surface area contributed by atoms with E-state index in [1.807, 2.05) is 0 Å². The maximum absolute atomic E-state index is 12.3. The van der Waals surface area contributed by atoms with Crippen molar-refractivity contribution in [3.63, 3.8) is 0 Å². The quantitative estimate of drug-likeness (QED) is 0.399. The number of imidazole rings is 1. The van der Waals surface area contributed by atoms with Crippen LogP contribution in [0.2, 0.25) is 10.0 Å². The maximum Gasteiger partial charge on any atom is 0.329 e. The molecule has 0 aliphatic heterocycles. The summed E-state index contributed by atoms with van der Waals surface area (Å²) in [5.41, 5.74) is -0.993. The van der Waals surface area contributed by atoms with Crippen LogP contribution in [0.1, 0.15) is 0 Å². The third kappa shape index (κ3) is 4.56. The first-order valence-electron chi connectivity index (χ1n) is 8.62. The topological polar surface area (TPSA) is 134 Å². The number of benzene rings is 1. The van der Waals surface area contributed by atoms with Crippen molar-refractivity contribution < 1.29 is 14.9 Å². The van der Waals surface area contributed by atoms with Gasteiger partial charge < -0.3 is 24.8 Å². The molecule has 10 nitrogen and oxygen atoms in total. The number of hydrogen-bond donors (Lipinski definition) is 4. The Morgan fingerprint density at radius 1 is 1.34 bits per heavy atom. The first-order valence-corrected chi connectivity index (χ1v) is 9.37. The average Bonchev–Trinajstić information content (AvgIpc) is 3.02. The van der Waals surface area contributed by atoms with Crippen molar-refractivity contribution in [2.45, 2.75) is 12.6 Å². The van der Waals surface area contributed by atoms with Gasteiger partial charge in [-0.1, -0.05) is 23.2 Å². The Hall–Kier alpha value is -2.53. The molecule has 156 valence electrons. The van der Waals surface area contributed by atoms with Gasteiger partial charge in [0.2, 0.25) is 5.95 Å². The number of ether oxygens (including phenoxy) is 1. The second-order valence-corrected chi connectivity index (χ2v) is 7.07. The smallest absolute Gasteiger partial charge is 0.329 e. The molecule has 0 radical (unpaired) electrons. The van der Waals surface area contributed by atoms with Gasteiger partial charge in [-0.15, -0.1) is 0 Å². The monoisotopic (exact) mass is 443 g/mol. The van der Waals surface area contributed by atoms with E-state index in [2.05, 4.69) is 15.3 Å². The number of halogens is 2. The van der Waals surface area contributed by atoms with Crippen molar-refractivity contribution >= 4 is 40.3 Å². The molecular weight excluding hydrogens is 425 g/mol. The molecular formula is C17H19Cl2N5O5. The average molecular weight is 444 g/mol. The third-order valence-electron chi connectivity index (χ3n) is 4.12. The summed E-state index contributed by atoms with van der Waals surface area (Å²) in [5, 5.41) is 23.1. The number of rotatable bonds is 8. The molecule has 0 spiro atoms. The number of aromatic amines is 1. The van der Waals surface area contributed by atoms with Crippen LogP contribution in [-0.4, -0.2) is 55.2 Å². The van der Waals surface area contributed by atoms with Crippen molar-refractivity contribution in [1.82, 2.24) is 19.1 Å². The molecule has 0 unspecified atom stereocenters. The molecule has 12 heteroatoms. The van der Waals surface area contributed by atoms with Crippen LogP contribution >= 0.6 is 23.2 Å². The first-order chi connectivity index (χ1) is 13.8. The molecule has 0 saturated carbocycles. The lowest BCUT2D eigenvalue weighted by molar-refractivity contribution is 0.0938. The fraction of sp³-hybridized carbons (Fsp3) is 0.353. The number of anilines is 1. The highest BCUT2D eigenvalue weighted by atomic mass is 35.5. The van der Waals surface area contributed by atoms with Crippen molar-refractivity contribution in [2.75, 3.05) is 25.1 Å². The number of aryl methyl sites for hydroxylation is 1. The van der Waals surface area contributed by atoms with Crippen molar-refractivity contribution in [3.05, 3.63) is 49.1 Å². The van der Waals surface area contributed by atoms with Crippen LogP contribution in [0.25, 0.3) is 11.2 Å². The Balaban J connectivity index is 1.88. The predicted molar refractivity (Wildman–Crippen MR) is 109 cm³/mol. The van der Waals surface area contributed by atoms with E-state index in [0.29, 0.717) is 15.8 Å². The van der Waals surface area contributed by atoms with E-state index in [0.717, 1.165) is 0 Å². The van der Waals surface area contributed by atoms with Crippen LogP contribution in [0.4, 0.5) is 5.95 Å². The van der Waals surface area contributed by atoms with Gasteiger partial charge in [-0.05, 0) is 18.2 Å². The lowest BCUT2D eigenvalue weighted by Crippen LogP contribution is -2.31. The van der Waals surface area contributed by atoms with Gasteiger partial charge in [0.1, 0.15) is 18.5 Å². The minimum absolute atomic E-state index is 0.0588. The Morgan fingerprint density at radius 2 is 2.10 bits per heavy atom. The summed E-state index contributed by atoms with van der Waals surface area (Å²) >= 11 is 11.9. The molecule has 3 rings (SSSR count). The van der Waals surface area contributed by atoms with Gasteiger partial charge in [-0.2, -0.15) is 4.98 Å². The summed E-state index contributed by atoms with van der Waals surface area (Å²) in [6.07, 6.45) is -1.04. The fourth-order valence-electron chi connectivity index (χ4n) is 2.76. The van der Waals surface area contributed by atoms with Crippen LogP contribution in [0.5, 0.6) is 5.75 Å². The molecule has 2 aromatic heterocycles. The number of aliphatic hydroxyl groups excluding tert-OH is 2. The Bertz CT molecular complexity index is 1140. The summed E-state index contributed by atoms with van der Waals surface area (Å²) in [6, 6.07) is 4.71. The zero-order valence-electron chi connectivity index (χ0n) is 15.4. The molecule has 0 bridgehead atoms. The fourth-order valence-corrected chi connectivity index (χ4v) is 3.22. The minimum Gasteiger partial charge on any atom is -0.489 e. The highest BCUT2D eigenvalue weighted by Gasteiger charge is 2.20. The van der Waals surface area contributed by atoms with Crippen molar-refractivity contribution in [3.8, 4) is 5.75 Å². The van der Waals surface area contributed by atoms with Gasteiger partial charge in [-0.25, -0.2) is 4.79 Å². The van der Waals surface area contributed by atoms with E-state index >= 15 is 0 Å². The van der Waals surface area contributed by atoms with Gasteiger partial charge in [0.15, 0.2) is 11.2 Å². The summed E-state index contributed by atoms with van der Waals surface area (Å²) in [6.45, 7) is -0.178. The van der Waals surface area contributed by atoms with Crippen molar-refractivity contribution in [2.24, 2.45) is 7.05 Å². The zero-order chi connectivity index (χ0) is 21.1. The summed E-state index contributed by atoms with van der Waals surface area (Å²) in [7, 11) is 1.47. The predicted octanol–water partition coefficient (Wildman–Crippen LogP) is 0.574. The van der Waals surface area contributed by atoms with E-state index in [9.17, 15) is 14.7 Å². The molecule has 3 aromatic rings. The van der Waals surface area contributed by atoms with Gasteiger partial charge in [0, 0.05) is 18.6 Å². The maximum atomic E-state index is 12.3. The molecule has 0 fully saturated rings. The Labute approximate surface area is 174 Å². The molecule has 0 aliphatic carbocycles. The molecule has 0 amide bonds. The molecule has 4 N–H and O–H groups in total. The molecule has 1 aromatic carbocycles. The van der Waals surface area contributed by atoms with E-state index in [-0.39, 0.29) is 43.4 Å². The summed E-state index contributed by atoms with van der Waals surface area (Å²) in [4.78, 5) is 30.6. The van der Waals surface area contributed by atoms with Gasteiger partial charge in [0.05, 0.1) is 18.2 Å². The van der Waals surface area contributed by atoms with E-state index < -0.39 is 17.4 Å². The first kappa shape index (κ1) is 21.2. The molecule has 0 saturated heterocycles. The standard InChI is InChI=1S/C17H19Cl2N5O5/c1-23-14-13(15(27)22-17(23)28)24(16(21-14)20-4-5-25)7-10(26)8-29-12-3-2-9(18)6-11(12)19/h2-3,6,10,25-26H,4-5,7-8H2,1H3,(H,20,21)(H,22,27,28)/t10-/m0/s1. The number of aromatic nitrogens is 4. The minimum atomic E-state index is -1.04.